The fourth-order valence-electron chi connectivity index (χ4n) is 6.00. The van der Waals surface area contributed by atoms with Gasteiger partial charge in [-0.25, -0.2) is 0 Å². The van der Waals surface area contributed by atoms with E-state index in [9.17, 15) is 9.90 Å². The average Bonchev–Trinajstić information content (AvgIpc) is 3.46. The van der Waals surface area contributed by atoms with Crippen molar-refractivity contribution in [3.8, 4) is 5.75 Å². The molecule has 3 aliphatic rings. The van der Waals surface area contributed by atoms with E-state index in [1.54, 1.807) is 24.7 Å². The van der Waals surface area contributed by atoms with Crippen molar-refractivity contribution in [2.24, 2.45) is 11.8 Å². The number of furan rings is 1. The number of rotatable bonds is 6. The first kappa shape index (κ1) is 21.3. The van der Waals surface area contributed by atoms with Crippen LogP contribution in [-0.4, -0.2) is 53.5 Å². The SMILES string of the molecule is CN(C(=O)/C=C/c1ccoc1)[C@@H]1CC[C@@H]2CN(CC3CC3)CC[C@@]2(c2cccc(O)c2)C1. The zero-order valence-electron chi connectivity index (χ0n) is 19.0. The smallest absolute Gasteiger partial charge is 0.246 e. The number of phenolic OH excluding ortho intramolecular Hbond substituents is 1. The molecule has 1 amide bonds. The van der Waals surface area contributed by atoms with E-state index >= 15 is 0 Å². The molecule has 5 heteroatoms. The van der Waals surface area contributed by atoms with Crippen molar-refractivity contribution in [3.05, 3.63) is 60.1 Å². The Morgan fingerprint density at radius 1 is 1.28 bits per heavy atom. The molecular formula is C27H34N2O3. The minimum Gasteiger partial charge on any atom is -0.508 e. The van der Waals surface area contributed by atoms with Gasteiger partial charge in [0.1, 0.15) is 5.75 Å². The van der Waals surface area contributed by atoms with Crippen LogP contribution in [0, 0.1) is 11.8 Å². The zero-order chi connectivity index (χ0) is 22.1. The molecular weight excluding hydrogens is 400 g/mol. The summed E-state index contributed by atoms with van der Waals surface area (Å²) < 4.78 is 5.09. The predicted octanol–water partition coefficient (Wildman–Crippen LogP) is 4.68. The number of hydrogen-bond donors (Lipinski definition) is 1. The first-order valence-electron chi connectivity index (χ1n) is 12.0. The Hall–Kier alpha value is -2.53. The zero-order valence-corrected chi connectivity index (χ0v) is 19.0. The maximum Gasteiger partial charge on any atom is 0.246 e. The van der Waals surface area contributed by atoms with Crippen LogP contribution in [0.4, 0.5) is 0 Å². The Labute approximate surface area is 190 Å². The fraction of sp³-hybridized carbons (Fsp3) is 0.519. The lowest BCUT2D eigenvalue weighted by Gasteiger charge is -2.54. The second-order valence-electron chi connectivity index (χ2n) is 10.1. The van der Waals surface area contributed by atoms with Gasteiger partial charge < -0.3 is 19.3 Å². The molecule has 0 radical (unpaired) electrons. The number of fused-ring (bicyclic) bond motifs is 1. The van der Waals surface area contributed by atoms with Gasteiger partial charge in [-0.15, -0.1) is 0 Å². The van der Waals surface area contributed by atoms with E-state index in [0.29, 0.717) is 11.7 Å². The van der Waals surface area contributed by atoms with Crippen LogP contribution in [0.2, 0.25) is 0 Å². The molecule has 0 unspecified atom stereocenters. The van der Waals surface area contributed by atoms with E-state index in [1.807, 2.05) is 36.2 Å². The lowest BCUT2D eigenvalue weighted by atomic mass is 9.57. The van der Waals surface area contributed by atoms with E-state index in [1.165, 1.54) is 24.9 Å². The number of hydrogen-bond acceptors (Lipinski definition) is 4. The van der Waals surface area contributed by atoms with Crippen molar-refractivity contribution < 1.29 is 14.3 Å². The largest absolute Gasteiger partial charge is 0.508 e. The highest BCUT2D eigenvalue weighted by Crippen LogP contribution is 2.50. The third-order valence-electron chi connectivity index (χ3n) is 8.07. The van der Waals surface area contributed by atoms with E-state index in [0.717, 1.165) is 50.3 Å². The van der Waals surface area contributed by atoms with Crippen LogP contribution in [0.5, 0.6) is 5.75 Å². The molecule has 5 nitrogen and oxygen atoms in total. The summed E-state index contributed by atoms with van der Waals surface area (Å²) in [6, 6.07) is 9.93. The van der Waals surface area contributed by atoms with Gasteiger partial charge in [-0.3, -0.25) is 4.79 Å². The Morgan fingerprint density at radius 2 is 2.16 bits per heavy atom. The van der Waals surface area contributed by atoms with Gasteiger partial charge in [-0.2, -0.15) is 0 Å². The molecule has 1 N–H and O–H groups in total. The Morgan fingerprint density at radius 3 is 2.91 bits per heavy atom. The second-order valence-corrected chi connectivity index (χ2v) is 10.1. The van der Waals surface area contributed by atoms with Gasteiger partial charge in [0.2, 0.25) is 5.91 Å². The van der Waals surface area contributed by atoms with E-state index < -0.39 is 0 Å². The molecule has 170 valence electrons. The standard InChI is InChI=1S/C27H34N2O3/c1-28(26(31)10-7-21-11-14-32-19-21)24-9-8-23-18-29(17-20-5-6-20)13-12-27(23,16-24)22-3-2-4-25(30)15-22/h2-4,7,10-11,14-15,19-20,23-24,30H,5-6,8-9,12-13,16-18H2,1H3/b10-7+/t23-,24-,27+/m1/s1. The van der Waals surface area contributed by atoms with Gasteiger partial charge in [0.15, 0.2) is 0 Å². The predicted molar refractivity (Wildman–Crippen MR) is 125 cm³/mol. The maximum atomic E-state index is 12.9. The average molecular weight is 435 g/mol. The van der Waals surface area contributed by atoms with E-state index in [4.69, 9.17) is 4.42 Å². The molecule has 1 aromatic heterocycles. The van der Waals surface area contributed by atoms with Crippen molar-refractivity contribution >= 4 is 12.0 Å². The highest BCUT2D eigenvalue weighted by molar-refractivity contribution is 5.91. The van der Waals surface area contributed by atoms with Crippen LogP contribution in [0.25, 0.3) is 6.08 Å². The fourth-order valence-corrected chi connectivity index (χ4v) is 6.00. The first-order chi connectivity index (χ1) is 15.5. The number of carbonyl (C=O) groups excluding carboxylic acids is 1. The molecule has 32 heavy (non-hydrogen) atoms. The molecule has 2 aliphatic carbocycles. The molecule has 2 saturated carbocycles. The van der Waals surface area contributed by atoms with Gasteiger partial charge in [-0.1, -0.05) is 12.1 Å². The van der Waals surface area contributed by atoms with Gasteiger partial charge >= 0.3 is 0 Å². The van der Waals surface area contributed by atoms with Gasteiger partial charge in [-0.05, 0) is 86.7 Å². The summed E-state index contributed by atoms with van der Waals surface area (Å²) in [6.07, 6.45) is 13.7. The monoisotopic (exact) mass is 434 g/mol. The second kappa shape index (κ2) is 8.78. The Bertz CT molecular complexity index is 965. The highest BCUT2D eigenvalue weighted by atomic mass is 16.3. The normalized spacial score (nSPS) is 28.5. The van der Waals surface area contributed by atoms with Crippen molar-refractivity contribution in [2.45, 2.75) is 50.0 Å². The summed E-state index contributed by atoms with van der Waals surface area (Å²) >= 11 is 0. The summed E-state index contributed by atoms with van der Waals surface area (Å²) in [5, 5.41) is 10.2. The van der Waals surface area contributed by atoms with Gasteiger partial charge in [0, 0.05) is 43.2 Å². The summed E-state index contributed by atoms with van der Waals surface area (Å²) in [4.78, 5) is 17.5. The summed E-state index contributed by atoms with van der Waals surface area (Å²) in [7, 11) is 1.94. The summed E-state index contributed by atoms with van der Waals surface area (Å²) in [5.74, 6) is 1.85. The summed E-state index contributed by atoms with van der Waals surface area (Å²) in [5.41, 5.74) is 2.16. The number of nitrogens with zero attached hydrogens (tertiary/aromatic N) is 2. The van der Waals surface area contributed by atoms with Crippen LogP contribution < -0.4 is 0 Å². The first-order valence-corrected chi connectivity index (χ1v) is 12.0. The van der Waals surface area contributed by atoms with Gasteiger partial charge in [0.05, 0.1) is 12.5 Å². The quantitative estimate of drug-likeness (QED) is 0.671. The van der Waals surface area contributed by atoms with Crippen molar-refractivity contribution in [3.63, 3.8) is 0 Å². The highest BCUT2D eigenvalue weighted by Gasteiger charge is 2.49. The number of benzene rings is 1. The molecule has 0 spiro atoms. The van der Waals surface area contributed by atoms with E-state index in [2.05, 4.69) is 11.0 Å². The minimum atomic E-state index is 0.0184. The molecule has 3 fully saturated rings. The number of amides is 1. The third-order valence-corrected chi connectivity index (χ3v) is 8.07. The molecule has 2 heterocycles. The van der Waals surface area contributed by atoms with Crippen LogP contribution in [-0.2, 0) is 10.2 Å². The van der Waals surface area contributed by atoms with Gasteiger partial charge in [0.25, 0.3) is 0 Å². The number of carbonyl (C=O) groups is 1. The number of likely N-dealkylation sites (tertiary alicyclic amines) is 1. The van der Waals surface area contributed by atoms with Crippen molar-refractivity contribution in [1.82, 2.24) is 9.80 Å². The summed E-state index contributed by atoms with van der Waals surface area (Å²) in [6.45, 7) is 3.48. The number of phenols is 1. The van der Waals surface area contributed by atoms with Crippen molar-refractivity contribution in [1.29, 1.82) is 0 Å². The van der Waals surface area contributed by atoms with E-state index in [-0.39, 0.29) is 17.4 Å². The van der Waals surface area contributed by atoms with Crippen molar-refractivity contribution in [2.75, 3.05) is 26.7 Å². The molecule has 1 aromatic carbocycles. The minimum absolute atomic E-state index is 0.0184. The topological polar surface area (TPSA) is 56.9 Å². The number of aromatic hydroxyl groups is 1. The molecule has 3 atom stereocenters. The number of likely N-dealkylation sites (N-methyl/N-ethyl adjacent to an activating group) is 1. The molecule has 2 aromatic rings. The Balaban J connectivity index is 1.36. The lowest BCUT2D eigenvalue weighted by Crippen LogP contribution is -2.56. The lowest BCUT2D eigenvalue weighted by molar-refractivity contribution is -0.128. The maximum absolute atomic E-state index is 12.9. The molecule has 5 rings (SSSR count). The van der Waals surface area contributed by atoms with Crippen LogP contribution in [0.1, 0.15) is 49.7 Å². The number of piperidine rings is 1. The third kappa shape index (κ3) is 4.36. The Kier molecular flexibility index (Phi) is 5.85. The van der Waals surface area contributed by atoms with Crippen LogP contribution >= 0.6 is 0 Å². The van der Waals surface area contributed by atoms with Crippen LogP contribution in [0.3, 0.4) is 0 Å². The molecule has 0 bridgehead atoms. The van der Waals surface area contributed by atoms with Crippen LogP contribution in [0.15, 0.2) is 53.4 Å². The molecule has 1 aliphatic heterocycles. The molecule has 1 saturated heterocycles.